The fourth-order valence-electron chi connectivity index (χ4n) is 2.19. The molecule has 1 fully saturated rings. The van der Waals surface area contributed by atoms with Crippen molar-refractivity contribution in [2.24, 2.45) is 11.8 Å². The summed E-state index contributed by atoms with van der Waals surface area (Å²) >= 11 is 0. The normalized spacial score (nSPS) is 20.5. The molecule has 0 spiro atoms. The van der Waals surface area contributed by atoms with E-state index in [2.05, 4.69) is 0 Å². The van der Waals surface area contributed by atoms with E-state index < -0.39 is 46.0 Å². The van der Waals surface area contributed by atoms with E-state index in [1.807, 2.05) is 12.2 Å². The van der Waals surface area contributed by atoms with Crippen molar-refractivity contribution in [2.75, 3.05) is 5.32 Å². The van der Waals surface area contributed by atoms with E-state index in [1.54, 1.807) is 0 Å². The van der Waals surface area contributed by atoms with Crippen LogP contribution in [0.1, 0.15) is 25.8 Å². The predicted molar refractivity (Wildman–Crippen MR) is 79.6 cm³/mol. The number of carbonyl (C=O) groups is 2. The lowest BCUT2D eigenvalue weighted by molar-refractivity contribution is -0.385. The Hall–Kier alpha value is -2.65. The summed E-state index contributed by atoms with van der Waals surface area (Å²) in [6, 6.07) is 1.96. The number of nitro benzene ring substituents is 1. The van der Waals surface area contributed by atoms with Gasteiger partial charge in [-0.3, -0.25) is 19.7 Å². The smallest absolute Gasteiger partial charge is 0.418 e. The van der Waals surface area contributed by atoms with Gasteiger partial charge in [0.05, 0.1) is 22.1 Å². The largest absolute Gasteiger partial charge is 0.452 e. The lowest BCUT2D eigenvalue weighted by Gasteiger charge is -2.16. The summed E-state index contributed by atoms with van der Waals surface area (Å²) in [7, 11) is 0. The molecule has 10 heteroatoms. The van der Waals surface area contributed by atoms with Crippen LogP contribution < -0.4 is 5.32 Å². The van der Waals surface area contributed by atoms with Crippen LogP contribution in [0.15, 0.2) is 18.2 Å². The molecule has 1 aliphatic rings. The molecule has 1 saturated carbocycles. The van der Waals surface area contributed by atoms with Crippen molar-refractivity contribution in [3.05, 3.63) is 33.9 Å². The fourth-order valence-corrected chi connectivity index (χ4v) is 2.19. The number of nitrogens with zero attached hydrogens (tertiary/aromatic N) is 1. The molecule has 0 aromatic heterocycles. The highest BCUT2D eigenvalue weighted by atomic mass is 19.4. The lowest BCUT2D eigenvalue weighted by atomic mass is 10.1. The summed E-state index contributed by atoms with van der Waals surface area (Å²) in [6.07, 6.45) is -5.55. The maximum atomic E-state index is 13.1. The van der Waals surface area contributed by atoms with Crippen LogP contribution in [-0.2, 0) is 20.5 Å². The number of ether oxygens (including phenoxy) is 1. The van der Waals surface area contributed by atoms with Crippen LogP contribution in [0.25, 0.3) is 0 Å². The number of nitrogens with one attached hydrogen (secondary N) is 1. The number of anilines is 1. The maximum absolute atomic E-state index is 13.1. The summed E-state index contributed by atoms with van der Waals surface area (Å²) in [4.78, 5) is 33.3. The molecule has 1 aliphatic carbocycles. The second-order valence-electron chi connectivity index (χ2n) is 5.87. The molecule has 136 valence electrons. The van der Waals surface area contributed by atoms with Crippen LogP contribution >= 0.6 is 0 Å². The summed E-state index contributed by atoms with van der Waals surface area (Å²) in [5.41, 5.74) is -2.76. The highest BCUT2D eigenvalue weighted by Gasteiger charge is 2.42. The molecular formula is C15H15F3N2O5. The maximum Gasteiger partial charge on any atom is 0.418 e. The van der Waals surface area contributed by atoms with E-state index in [1.165, 1.54) is 6.92 Å². The molecule has 1 N–H and O–H groups in total. The molecule has 0 saturated heterocycles. The number of hydrogen-bond donors (Lipinski definition) is 1. The van der Waals surface area contributed by atoms with Gasteiger partial charge in [-0.05, 0) is 25.3 Å². The highest BCUT2D eigenvalue weighted by molar-refractivity contribution is 5.96. The molecule has 1 aromatic rings. The van der Waals surface area contributed by atoms with Crippen molar-refractivity contribution in [3.63, 3.8) is 0 Å². The first kappa shape index (κ1) is 18.7. The van der Waals surface area contributed by atoms with Crippen LogP contribution in [-0.4, -0.2) is 22.9 Å². The standard InChI is InChI=1S/C15H15F3N2O5/c1-7-5-10(7)14(22)25-8(2)13(21)19-12-4-3-9(20(23)24)6-11(12)15(16,17)18/h3-4,6-8,10H,5H2,1-2H3,(H,19,21)/t7-,8-,10+/m0/s1. The summed E-state index contributed by atoms with van der Waals surface area (Å²) < 4.78 is 44.1. The van der Waals surface area contributed by atoms with Crippen LogP contribution in [0.3, 0.4) is 0 Å². The first-order chi connectivity index (χ1) is 11.5. The van der Waals surface area contributed by atoms with Gasteiger partial charge in [-0.25, -0.2) is 0 Å². The van der Waals surface area contributed by atoms with E-state index >= 15 is 0 Å². The van der Waals surface area contributed by atoms with Crippen molar-refractivity contribution in [1.82, 2.24) is 0 Å². The summed E-state index contributed by atoms with van der Waals surface area (Å²) in [5, 5.41) is 12.6. The monoisotopic (exact) mass is 360 g/mol. The van der Waals surface area contributed by atoms with Gasteiger partial charge < -0.3 is 10.1 Å². The van der Waals surface area contributed by atoms with Crippen LogP contribution in [0.5, 0.6) is 0 Å². The summed E-state index contributed by atoms with van der Waals surface area (Å²) in [5.74, 6) is -1.66. The number of hydrogen-bond acceptors (Lipinski definition) is 5. The first-order valence-corrected chi connectivity index (χ1v) is 7.37. The average Bonchev–Trinajstić information content (AvgIpc) is 3.23. The molecule has 0 heterocycles. The second-order valence-corrected chi connectivity index (χ2v) is 5.87. The number of nitro groups is 1. The fraction of sp³-hybridized carbons (Fsp3) is 0.467. The second kappa shape index (κ2) is 6.69. The Kier molecular flexibility index (Phi) is 5.00. The molecule has 2 rings (SSSR count). The highest BCUT2D eigenvalue weighted by Crippen LogP contribution is 2.39. The van der Waals surface area contributed by atoms with Gasteiger partial charge in [-0.15, -0.1) is 0 Å². The number of rotatable bonds is 5. The molecule has 7 nitrogen and oxygen atoms in total. The third-order valence-electron chi connectivity index (χ3n) is 3.85. The topological polar surface area (TPSA) is 98.5 Å². The molecule has 3 atom stereocenters. The Balaban J connectivity index is 2.14. The van der Waals surface area contributed by atoms with Gasteiger partial charge in [0.2, 0.25) is 0 Å². The zero-order chi connectivity index (χ0) is 18.9. The number of amides is 1. The minimum Gasteiger partial charge on any atom is -0.452 e. The molecular weight excluding hydrogens is 345 g/mol. The van der Waals surface area contributed by atoms with E-state index in [-0.39, 0.29) is 11.8 Å². The molecule has 0 unspecified atom stereocenters. The van der Waals surface area contributed by atoms with Crippen molar-refractivity contribution in [2.45, 2.75) is 32.5 Å². The number of non-ortho nitro benzene ring substituents is 1. The van der Waals surface area contributed by atoms with Gasteiger partial charge in [0.25, 0.3) is 11.6 Å². The Morgan fingerprint density at radius 1 is 1.40 bits per heavy atom. The predicted octanol–water partition coefficient (Wildman–Crippen LogP) is 3.14. The first-order valence-electron chi connectivity index (χ1n) is 7.37. The molecule has 0 radical (unpaired) electrons. The third kappa shape index (κ3) is 4.46. The molecule has 1 aromatic carbocycles. The van der Waals surface area contributed by atoms with Crippen LogP contribution in [0, 0.1) is 22.0 Å². The average molecular weight is 360 g/mol. The molecule has 0 aliphatic heterocycles. The zero-order valence-corrected chi connectivity index (χ0v) is 13.3. The van der Waals surface area contributed by atoms with Gasteiger partial charge in [-0.1, -0.05) is 6.92 Å². The minimum absolute atomic E-state index is 0.161. The van der Waals surface area contributed by atoms with Gasteiger partial charge in [-0.2, -0.15) is 13.2 Å². The van der Waals surface area contributed by atoms with Crippen molar-refractivity contribution < 1.29 is 32.4 Å². The minimum atomic E-state index is -4.90. The van der Waals surface area contributed by atoms with E-state index in [0.717, 1.165) is 12.1 Å². The van der Waals surface area contributed by atoms with Crippen LogP contribution in [0.4, 0.5) is 24.5 Å². The van der Waals surface area contributed by atoms with Gasteiger partial charge in [0, 0.05) is 12.1 Å². The van der Waals surface area contributed by atoms with Gasteiger partial charge in [0.1, 0.15) is 0 Å². The molecule has 0 bridgehead atoms. The SMILES string of the molecule is C[C@H](OC(=O)[C@@H]1C[C@@H]1C)C(=O)Nc1ccc([N+](=O)[O-])cc1C(F)(F)F. The van der Waals surface area contributed by atoms with E-state index in [9.17, 15) is 32.9 Å². The lowest BCUT2D eigenvalue weighted by Crippen LogP contribution is -2.31. The molecule has 1 amide bonds. The van der Waals surface area contributed by atoms with Crippen molar-refractivity contribution in [1.29, 1.82) is 0 Å². The Labute approximate surface area is 140 Å². The zero-order valence-electron chi connectivity index (χ0n) is 13.3. The number of halogens is 3. The number of benzene rings is 1. The Morgan fingerprint density at radius 3 is 2.48 bits per heavy atom. The van der Waals surface area contributed by atoms with Gasteiger partial charge in [0.15, 0.2) is 6.10 Å². The van der Waals surface area contributed by atoms with Gasteiger partial charge >= 0.3 is 12.1 Å². The number of alkyl halides is 3. The number of esters is 1. The third-order valence-corrected chi connectivity index (χ3v) is 3.85. The summed E-state index contributed by atoms with van der Waals surface area (Å²) in [6.45, 7) is 3.07. The Bertz CT molecular complexity index is 720. The van der Waals surface area contributed by atoms with E-state index in [4.69, 9.17) is 4.74 Å². The Morgan fingerprint density at radius 2 is 2.00 bits per heavy atom. The van der Waals surface area contributed by atoms with Crippen molar-refractivity contribution >= 4 is 23.3 Å². The van der Waals surface area contributed by atoms with E-state index in [0.29, 0.717) is 12.5 Å². The quantitative estimate of drug-likeness (QED) is 0.494. The van der Waals surface area contributed by atoms with Crippen LogP contribution in [0.2, 0.25) is 0 Å². The van der Waals surface area contributed by atoms with Crippen molar-refractivity contribution in [3.8, 4) is 0 Å². The molecule has 25 heavy (non-hydrogen) atoms. The number of carbonyl (C=O) groups excluding carboxylic acids is 2.